The average Bonchev–Trinajstić information content (AvgIpc) is 3.39. The Morgan fingerprint density at radius 1 is 0.882 bits per heavy atom. The van der Waals surface area contributed by atoms with Crippen molar-refractivity contribution in [2.45, 2.75) is 6.61 Å². The summed E-state index contributed by atoms with van der Waals surface area (Å²) in [5.41, 5.74) is 6.98. The van der Waals surface area contributed by atoms with Gasteiger partial charge in [-0.25, -0.2) is 4.68 Å². The minimum absolute atomic E-state index is 0.0141. The molecule has 2 amide bonds. The number of benzene rings is 3. The van der Waals surface area contributed by atoms with Crippen molar-refractivity contribution in [2.24, 2.45) is 0 Å². The molecule has 3 aromatic carbocycles. The van der Waals surface area contributed by atoms with Gasteiger partial charge in [0.25, 0.3) is 11.8 Å². The molecule has 172 valence electrons. The van der Waals surface area contributed by atoms with Gasteiger partial charge in [-0.2, -0.15) is 8.78 Å². The molecule has 3 N–H and O–H groups in total. The third-order valence-electron chi connectivity index (χ3n) is 4.56. The molecule has 0 aliphatic carbocycles. The van der Waals surface area contributed by atoms with Crippen LogP contribution in [0.4, 0.5) is 20.2 Å². The minimum Gasteiger partial charge on any atom is -0.435 e. The Kier molecular flexibility index (Phi) is 6.68. The molecule has 4 aromatic rings. The second kappa shape index (κ2) is 10.2. The lowest BCUT2D eigenvalue weighted by Gasteiger charge is -2.13. The number of carbonyl (C=O) groups is 2. The number of nitrogens with one attached hydrogen (secondary N) is 3. The molecule has 0 radical (unpaired) electrons. The summed E-state index contributed by atoms with van der Waals surface area (Å²) in [5, 5.41) is 13.9. The van der Waals surface area contributed by atoms with Crippen molar-refractivity contribution in [3.05, 3.63) is 90.3 Å². The predicted octanol–water partition coefficient (Wildman–Crippen LogP) is 3.08. The molecule has 0 fully saturated rings. The van der Waals surface area contributed by atoms with E-state index >= 15 is 0 Å². The Labute approximate surface area is 191 Å². The van der Waals surface area contributed by atoms with E-state index in [9.17, 15) is 18.4 Å². The third kappa shape index (κ3) is 5.48. The van der Waals surface area contributed by atoms with E-state index in [1.165, 1.54) is 35.3 Å². The van der Waals surface area contributed by atoms with Gasteiger partial charge in [0, 0.05) is 11.3 Å². The Hall–Kier alpha value is -4.87. The number of amides is 2. The number of carbonyl (C=O) groups excluding carboxylic acids is 2. The lowest BCUT2D eigenvalue weighted by Crippen LogP contribution is -2.41. The number of tetrazole rings is 1. The van der Waals surface area contributed by atoms with E-state index in [4.69, 9.17) is 0 Å². The Morgan fingerprint density at radius 3 is 2.26 bits per heavy atom. The topological polar surface area (TPSA) is 123 Å². The summed E-state index contributed by atoms with van der Waals surface area (Å²) in [4.78, 5) is 25.1. The van der Waals surface area contributed by atoms with Crippen LogP contribution in [0.3, 0.4) is 0 Å². The van der Waals surface area contributed by atoms with Gasteiger partial charge in [0.2, 0.25) is 0 Å². The lowest BCUT2D eigenvalue weighted by molar-refractivity contribution is -0.0498. The quantitative estimate of drug-likeness (QED) is 0.359. The molecular weight excluding hydrogens is 448 g/mol. The number of para-hydroxylation sites is 1. The van der Waals surface area contributed by atoms with Crippen molar-refractivity contribution < 1.29 is 23.1 Å². The molecule has 10 nitrogen and oxygen atoms in total. The number of ether oxygens (including phenoxy) is 1. The molecule has 0 bridgehead atoms. The molecule has 1 heterocycles. The van der Waals surface area contributed by atoms with Crippen LogP contribution in [-0.4, -0.2) is 38.6 Å². The summed E-state index contributed by atoms with van der Waals surface area (Å²) < 4.78 is 30.4. The largest absolute Gasteiger partial charge is 0.435 e. The van der Waals surface area contributed by atoms with Gasteiger partial charge in [0.1, 0.15) is 12.1 Å². The number of rotatable bonds is 7. The first kappa shape index (κ1) is 22.3. The Morgan fingerprint density at radius 2 is 1.59 bits per heavy atom. The van der Waals surface area contributed by atoms with Crippen molar-refractivity contribution >= 4 is 23.2 Å². The molecule has 4 rings (SSSR count). The van der Waals surface area contributed by atoms with Crippen LogP contribution in [0.5, 0.6) is 5.75 Å². The van der Waals surface area contributed by atoms with Crippen LogP contribution in [0.15, 0.2) is 79.1 Å². The maximum atomic E-state index is 12.7. The van der Waals surface area contributed by atoms with Crippen molar-refractivity contribution in [3.8, 4) is 11.4 Å². The van der Waals surface area contributed by atoms with E-state index < -0.39 is 18.4 Å². The van der Waals surface area contributed by atoms with Gasteiger partial charge in [-0.05, 0) is 71.1 Å². The molecule has 0 spiro atoms. The fourth-order valence-electron chi connectivity index (χ4n) is 2.96. The molecular formula is C22H17F2N7O3. The maximum Gasteiger partial charge on any atom is 0.387 e. The van der Waals surface area contributed by atoms with Crippen LogP contribution in [0.2, 0.25) is 0 Å². The Bertz CT molecular complexity index is 1260. The fourth-order valence-corrected chi connectivity index (χ4v) is 2.96. The molecule has 12 heteroatoms. The highest BCUT2D eigenvalue weighted by atomic mass is 19.3. The number of aromatic nitrogens is 4. The molecule has 0 saturated carbocycles. The first-order chi connectivity index (χ1) is 16.5. The maximum absolute atomic E-state index is 12.7. The second-order valence-corrected chi connectivity index (χ2v) is 6.78. The number of hydrazine groups is 1. The number of hydrogen-bond donors (Lipinski definition) is 3. The Balaban J connectivity index is 1.38. The fraction of sp³-hybridized carbons (Fsp3) is 0.0455. The molecule has 0 aliphatic rings. The standard InChI is InChI=1S/C22H17F2N7O3/c23-22(24)34-17-11-7-15(8-12-17)26-19-4-2-1-3-18(19)21(33)28-27-20(32)14-5-9-16(10-6-14)31-13-25-29-30-31/h1-13,22,26H,(H,27,32)(H,28,33). The average molecular weight is 465 g/mol. The van der Waals surface area contributed by atoms with Crippen molar-refractivity contribution in [3.63, 3.8) is 0 Å². The zero-order chi connectivity index (χ0) is 23.9. The summed E-state index contributed by atoms with van der Waals surface area (Å²) in [5.74, 6) is -1.06. The zero-order valence-corrected chi connectivity index (χ0v) is 17.4. The van der Waals surface area contributed by atoms with Crippen molar-refractivity contribution in [1.29, 1.82) is 0 Å². The van der Waals surface area contributed by atoms with E-state index in [-0.39, 0.29) is 11.3 Å². The number of anilines is 2. The van der Waals surface area contributed by atoms with E-state index in [0.717, 1.165) is 0 Å². The summed E-state index contributed by atoms with van der Waals surface area (Å²) in [6, 6.07) is 18.9. The van der Waals surface area contributed by atoms with Crippen LogP contribution in [0.1, 0.15) is 20.7 Å². The second-order valence-electron chi connectivity index (χ2n) is 6.78. The van der Waals surface area contributed by atoms with Gasteiger partial charge in [-0.15, -0.1) is 5.10 Å². The van der Waals surface area contributed by atoms with E-state index in [0.29, 0.717) is 22.6 Å². The lowest BCUT2D eigenvalue weighted by atomic mass is 10.1. The van der Waals surface area contributed by atoms with Crippen LogP contribution in [0.25, 0.3) is 5.69 Å². The third-order valence-corrected chi connectivity index (χ3v) is 4.56. The van der Waals surface area contributed by atoms with Crippen LogP contribution >= 0.6 is 0 Å². The van der Waals surface area contributed by atoms with E-state index in [1.54, 1.807) is 48.5 Å². The van der Waals surface area contributed by atoms with Gasteiger partial charge in [-0.3, -0.25) is 20.4 Å². The van der Waals surface area contributed by atoms with Gasteiger partial charge < -0.3 is 10.1 Å². The molecule has 0 saturated heterocycles. The summed E-state index contributed by atoms with van der Waals surface area (Å²) in [7, 11) is 0. The normalized spacial score (nSPS) is 10.6. The van der Waals surface area contributed by atoms with Crippen LogP contribution < -0.4 is 20.9 Å². The van der Waals surface area contributed by atoms with Gasteiger partial charge in [0.15, 0.2) is 0 Å². The predicted molar refractivity (Wildman–Crippen MR) is 117 cm³/mol. The molecule has 1 aromatic heterocycles. The molecule has 0 atom stereocenters. The smallest absolute Gasteiger partial charge is 0.387 e. The molecule has 0 aliphatic heterocycles. The van der Waals surface area contributed by atoms with Gasteiger partial charge in [0.05, 0.1) is 16.9 Å². The van der Waals surface area contributed by atoms with Gasteiger partial charge >= 0.3 is 6.61 Å². The summed E-state index contributed by atoms with van der Waals surface area (Å²) >= 11 is 0. The van der Waals surface area contributed by atoms with E-state index in [1.807, 2.05) is 0 Å². The SMILES string of the molecule is O=C(NNC(=O)c1ccccc1Nc1ccc(OC(F)F)cc1)c1ccc(-n2cnnn2)cc1. The highest BCUT2D eigenvalue weighted by Crippen LogP contribution is 2.23. The highest BCUT2D eigenvalue weighted by molar-refractivity contribution is 6.02. The zero-order valence-electron chi connectivity index (χ0n) is 17.4. The monoisotopic (exact) mass is 465 g/mol. The first-order valence-corrected chi connectivity index (χ1v) is 9.84. The summed E-state index contributed by atoms with van der Waals surface area (Å²) in [6.45, 7) is -2.91. The van der Waals surface area contributed by atoms with Crippen molar-refractivity contribution in [1.82, 2.24) is 31.1 Å². The summed E-state index contributed by atoms with van der Waals surface area (Å²) in [6.07, 6.45) is 1.42. The first-order valence-electron chi connectivity index (χ1n) is 9.84. The number of nitrogens with zero attached hydrogens (tertiary/aromatic N) is 4. The van der Waals surface area contributed by atoms with Gasteiger partial charge in [-0.1, -0.05) is 12.1 Å². The van der Waals surface area contributed by atoms with Crippen molar-refractivity contribution in [2.75, 3.05) is 5.32 Å². The molecule has 0 unspecified atom stereocenters. The number of alkyl halides is 2. The highest BCUT2D eigenvalue weighted by Gasteiger charge is 2.13. The van der Waals surface area contributed by atoms with Crippen LogP contribution in [-0.2, 0) is 0 Å². The number of hydrogen-bond acceptors (Lipinski definition) is 7. The van der Waals surface area contributed by atoms with Crippen LogP contribution in [0, 0.1) is 0 Å². The van der Waals surface area contributed by atoms with E-state index in [2.05, 4.69) is 36.4 Å². The minimum atomic E-state index is -2.91. The molecule has 34 heavy (non-hydrogen) atoms. The number of halogens is 2.